The number of hydrogen-bond acceptors (Lipinski definition) is 4. The van der Waals surface area contributed by atoms with Gasteiger partial charge in [0.05, 0.1) is 5.25 Å². The number of amides is 1. The molecule has 2 rings (SSSR count). The molecule has 2 N–H and O–H groups in total. The molecule has 0 aliphatic rings. The Balaban J connectivity index is 2.44. The number of benzene rings is 1. The normalized spacial score (nSPS) is 12.0. The first-order valence-corrected chi connectivity index (χ1v) is 8.36. The highest BCUT2D eigenvalue weighted by molar-refractivity contribution is 7.99. The van der Waals surface area contributed by atoms with Gasteiger partial charge in [-0.1, -0.05) is 6.07 Å². The Hall–Kier alpha value is -2.35. The van der Waals surface area contributed by atoms with Crippen LogP contribution in [0.15, 0.2) is 30.5 Å². The van der Waals surface area contributed by atoms with Crippen LogP contribution in [0.25, 0.3) is 0 Å². The van der Waals surface area contributed by atoms with E-state index in [-0.39, 0.29) is 23.7 Å². The minimum atomic E-state index is -1.29. The average molecular weight is 368 g/mol. The molecule has 132 valence electrons. The Morgan fingerprint density at radius 3 is 2.40 bits per heavy atom. The minimum Gasteiger partial charge on any atom is -0.364 e. The smallest absolute Gasteiger partial charge is 0.267 e. The van der Waals surface area contributed by atoms with Gasteiger partial charge in [-0.25, -0.2) is 13.2 Å². The quantitative estimate of drug-likeness (QED) is 0.760. The van der Waals surface area contributed by atoms with E-state index in [0.29, 0.717) is 11.6 Å². The van der Waals surface area contributed by atoms with E-state index >= 15 is 0 Å². The van der Waals surface area contributed by atoms with Crippen molar-refractivity contribution in [3.63, 3.8) is 0 Å². The standard InChI is InChI=1S/C17H15F3N2O2S/c1-9(23)6-7-25-16(10-2-5-13(17(21)24)22-8-10)14-11(18)3-4-12(19)15(14)20/h2-5,8,16H,6-7H2,1H3,(H2,21,24). The molecule has 4 nitrogen and oxygen atoms in total. The maximum Gasteiger partial charge on any atom is 0.267 e. The summed E-state index contributed by atoms with van der Waals surface area (Å²) >= 11 is 1.08. The first-order chi connectivity index (χ1) is 11.8. The summed E-state index contributed by atoms with van der Waals surface area (Å²) in [5, 5.41) is -0.926. The van der Waals surface area contributed by atoms with E-state index in [4.69, 9.17) is 5.73 Å². The van der Waals surface area contributed by atoms with E-state index in [9.17, 15) is 22.8 Å². The number of ketones is 1. The van der Waals surface area contributed by atoms with E-state index in [1.807, 2.05) is 0 Å². The highest BCUT2D eigenvalue weighted by Gasteiger charge is 2.25. The summed E-state index contributed by atoms with van der Waals surface area (Å²) in [6.07, 6.45) is 1.46. The molecule has 2 aromatic rings. The zero-order valence-electron chi connectivity index (χ0n) is 13.3. The summed E-state index contributed by atoms with van der Waals surface area (Å²) in [4.78, 5) is 26.1. The van der Waals surface area contributed by atoms with Crippen molar-refractivity contribution in [2.45, 2.75) is 18.6 Å². The lowest BCUT2D eigenvalue weighted by Crippen LogP contribution is -2.13. The fourth-order valence-electron chi connectivity index (χ4n) is 2.16. The lowest BCUT2D eigenvalue weighted by Gasteiger charge is -2.19. The number of pyridine rings is 1. The molecule has 0 spiro atoms. The molecule has 1 heterocycles. The number of primary amides is 1. The van der Waals surface area contributed by atoms with Crippen LogP contribution in [-0.4, -0.2) is 22.4 Å². The molecule has 0 radical (unpaired) electrons. The largest absolute Gasteiger partial charge is 0.364 e. The number of carbonyl (C=O) groups is 2. The van der Waals surface area contributed by atoms with Crippen molar-refractivity contribution in [3.8, 4) is 0 Å². The third-order valence-corrected chi connectivity index (χ3v) is 4.70. The Morgan fingerprint density at radius 1 is 1.16 bits per heavy atom. The molecule has 8 heteroatoms. The molecule has 0 saturated carbocycles. The van der Waals surface area contributed by atoms with Crippen molar-refractivity contribution in [1.29, 1.82) is 0 Å². The van der Waals surface area contributed by atoms with Crippen molar-refractivity contribution in [1.82, 2.24) is 4.98 Å². The van der Waals surface area contributed by atoms with Crippen molar-refractivity contribution < 1.29 is 22.8 Å². The molecule has 0 fully saturated rings. The number of nitrogens with zero attached hydrogens (tertiary/aromatic N) is 1. The van der Waals surface area contributed by atoms with E-state index in [1.165, 1.54) is 25.3 Å². The van der Waals surface area contributed by atoms with Gasteiger partial charge < -0.3 is 5.73 Å². The van der Waals surface area contributed by atoms with E-state index in [2.05, 4.69) is 4.98 Å². The van der Waals surface area contributed by atoms with Gasteiger partial charge in [-0.2, -0.15) is 0 Å². The van der Waals surface area contributed by atoms with Crippen LogP contribution in [0, 0.1) is 17.5 Å². The van der Waals surface area contributed by atoms with Crippen molar-refractivity contribution >= 4 is 23.5 Å². The summed E-state index contributed by atoms with van der Waals surface area (Å²) in [6.45, 7) is 1.40. The molecule has 1 aromatic heterocycles. The van der Waals surface area contributed by atoms with Gasteiger partial charge in [0.2, 0.25) is 0 Å². The number of hydrogen-bond donors (Lipinski definition) is 1. The molecule has 1 unspecified atom stereocenters. The molecule has 0 saturated heterocycles. The van der Waals surface area contributed by atoms with Gasteiger partial charge in [0.1, 0.15) is 17.3 Å². The number of carbonyl (C=O) groups excluding carboxylic acids is 2. The monoisotopic (exact) mass is 368 g/mol. The Bertz CT molecular complexity index is 797. The number of thioether (sulfide) groups is 1. The van der Waals surface area contributed by atoms with Crippen LogP contribution in [0.4, 0.5) is 13.2 Å². The molecule has 1 amide bonds. The second-order valence-corrected chi connectivity index (χ2v) is 6.51. The molecule has 0 bridgehead atoms. The van der Waals surface area contributed by atoms with E-state index in [1.54, 1.807) is 0 Å². The summed E-state index contributed by atoms with van der Waals surface area (Å²) in [6, 6.07) is 4.32. The van der Waals surface area contributed by atoms with Gasteiger partial charge in [0.25, 0.3) is 5.91 Å². The average Bonchev–Trinajstić information content (AvgIpc) is 2.57. The number of rotatable bonds is 7. The van der Waals surface area contributed by atoms with Crippen LogP contribution in [-0.2, 0) is 4.79 Å². The molecule has 1 aromatic carbocycles. The van der Waals surface area contributed by atoms with Gasteiger partial charge in [0.15, 0.2) is 11.6 Å². The molecule has 0 aliphatic carbocycles. The first-order valence-electron chi connectivity index (χ1n) is 7.31. The fraction of sp³-hybridized carbons (Fsp3) is 0.235. The topological polar surface area (TPSA) is 73.1 Å². The van der Waals surface area contributed by atoms with Crippen molar-refractivity contribution in [2.75, 3.05) is 5.75 Å². The molecule has 1 atom stereocenters. The zero-order valence-corrected chi connectivity index (χ0v) is 14.1. The summed E-state index contributed by atoms with van der Waals surface area (Å²) in [5.74, 6) is -3.90. The Labute approximate surface area is 146 Å². The predicted molar refractivity (Wildman–Crippen MR) is 88.7 cm³/mol. The van der Waals surface area contributed by atoms with Crippen molar-refractivity contribution in [3.05, 3.63) is 64.7 Å². The maximum absolute atomic E-state index is 14.2. The van der Waals surface area contributed by atoms with Gasteiger partial charge in [-0.05, 0) is 30.7 Å². The van der Waals surface area contributed by atoms with Crippen LogP contribution in [0.1, 0.15) is 40.2 Å². The molecule has 0 aliphatic heterocycles. The lowest BCUT2D eigenvalue weighted by atomic mass is 10.0. The van der Waals surface area contributed by atoms with Crippen LogP contribution >= 0.6 is 11.8 Å². The molecule has 25 heavy (non-hydrogen) atoms. The van der Waals surface area contributed by atoms with E-state index in [0.717, 1.165) is 17.8 Å². The number of aromatic nitrogens is 1. The second kappa shape index (κ2) is 8.15. The van der Waals surface area contributed by atoms with Gasteiger partial charge >= 0.3 is 0 Å². The fourth-order valence-corrected chi connectivity index (χ4v) is 3.51. The summed E-state index contributed by atoms with van der Waals surface area (Å²) in [7, 11) is 0. The third-order valence-electron chi connectivity index (χ3n) is 3.42. The first kappa shape index (κ1) is 19.0. The van der Waals surface area contributed by atoms with Crippen LogP contribution in [0.2, 0.25) is 0 Å². The number of Topliss-reactive ketones (excluding diaryl/α,β-unsaturated/α-hetero) is 1. The Kier molecular flexibility index (Phi) is 6.19. The highest BCUT2D eigenvalue weighted by atomic mass is 32.2. The van der Waals surface area contributed by atoms with E-state index < -0.39 is 34.2 Å². The third kappa shape index (κ3) is 4.60. The summed E-state index contributed by atoms with van der Waals surface area (Å²) in [5.41, 5.74) is 5.02. The van der Waals surface area contributed by atoms with Crippen LogP contribution < -0.4 is 5.73 Å². The number of nitrogens with two attached hydrogens (primary N) is 1. The van der Waals surface area contributed by atoms with Gasteiger partial charge in [-0.15, -0.1) is 11.8 Å². The van der Waals surface area contributed by atoms with Crippen molar-refractivity contribution in [2.24, 2.45) is 5.73 Å². The SMILES string of the molecule is CC(=O)CCSC(c1ccc(C(N)=O)nc1)c1c(F)ccc(F)c1F. The second-order valence-electron chi connectivity index (χ2n) is 5.30. The Morgan fingerprint density at radius 2 is 1.84 bits per heavy atom. The predicted octanol–water partition coefficient (Wildman–Crippen LogP) is 3.40. The minimum absolute atomic E-state index is 0.00331. The zero-order chi connectivity index (χ0) is 18.6. The van der Waals surface area contributed by atoms with Gasteiger partial charge in [-0.3, -0.25) is 14.6 Å². The lowest BCUT2D eigenvalue weighted by molar-refractivity contribution is -0.116. The van der Waals surface area contributed by atoms with Gasteiger partial charge in [0, 0.05) is 23.9 Å². The summed E-state index contributed by atoms with van der Waals surface area (Å²) < 4.78 is 42.0. The molecular formula is C17H15F3N2O2S. The molecular weight excluding hydrogens is 353 g/mol. The number of halogens is 3. The highest BCUT2D eigenvalue weighted by Crippen LogP contribution is 2.39. The maximum atomic E-state index is 14.2. The van der Waals surface area contributed by atoms with Crippen LogP contribution in [0.3, 0.4) is 0 Å². The van der Waals surface area contributed by atoms with Crippen LogP contribution in [0.5, 0.6) is 0 Å².